The van der Waals surface area contributed by atoms with Gasteiger partial charge in [-0.2, -0.15) is 0 Å². The van der Waals surface area contributed by atoms with E-state index in [1.807, 2.05) is 17.5 Å². The second-order valence-corrected chi connectivity index (χ2v) is 9.64. The Hall–Kier alpha value is -1.92. The molecule has 2 unspecified atom stereocenters. The largest absolute Gasteiger partial charge is 0.357 e. The van der Waals surface area contributed by atoms with E-state index in [1.54, 1.807) is 0 Å². The molecule has 5 nitrogen and oxygen atoms in total. The van der Waals surface area contributed by atoms with Crippen molar-refractivity contribution in [3.8, 4) is 0 Å². The minimum atomic E-state index is 0.513. The molecule has 0 aliphatic carbocycles. The molecule has 3 heterocycles. The summed E-state index contributed by atoms with van der Waals surface area (Å²) in [5.74, 6) is 0.964. The fourth-order valence-corrected chi connectivity index (χ4v) is 5.70. The molecule has 6 heteroatoms. The van der Waals surface area contributed by atoms with Gasteiger partial charge in [-0.1, -0.05) is 37.3 Å². The highest BCUT2D eigenvalue weighted by Gasteiger charge is 2.40. The summed E-state index contributed by atoms with van der Waals surface area (Å²) in [4.78, 5) is 13.5. The summed E-state index contributed by atoms with van der Waals surface area (Å²) in [6, 6.07) is 12.8. The van der Waals surface area contributed by atoms with Gasteiger partial charge in [0.25, 0.3) is 0 Å². The fourth-order valence-electron chi connectivity index (χ4n) is 4.85. The van der Waals surface area contributed by atoms with Crippen molar-refractivity contribution in [2.75, 3.05) is 13.1 Å². The first-order chi connectivity index (χ1) is 14.7. The van der Waals surface area contributed by atoms with Gasteiger partial charge in [0.15, 0.2) is 5.96 Å². The van der Waals surface area contributed by atoms with Gasteiger partial charge >= 0.3 is 0 Å². The number of hydrogen-bond acceptors (Lipinski definition) is 4. The number of benzene rings is 1. The third-order valence-electron chi connectivity index (χ3n) is 6.32. The van der Waals surface area contributed by atoms with Crippen LogP contribution in [0.2, 0.25) is 0 Å². The number of nitrogens with zero attached hydrogens (tertiary/aromatic N) is 3. The maximum atomic E-state index is 4.84. The van der Waals surface area contributed by atoms with Crippen molar-refractivity contribution in [1.82, 2.24) is 20.5 Å². The molecule has 2 N–H and O–H groups in total. The molecule has 0 spiro atoms. The van der Waals surface area contributed by atoms with Gasteiger partial charge < -0.3 is 10.6 Å². The van der Waals surface area contributed by atoms with Gasteiger partial charge in [-0.05, 0) is 44.6 Å². The number of aliphatic imine (C=N–C) groups is 1. The number of nitrogens with one attached hydrogen (secondary N) is 2. The van der Waals surface area contributed by atoms with Gasteiger partial charge in [0.1, 0.15) is 0 Å². The van der Waals surface area contributed by atoms with Crippen LogP contribution in [0.15, 0.2) is 41.5 Å². The maximum Gasteiger partial charge on any atom is 0.191 e. The monoisotopic (exact) mass is 425 g/mol. The quantitative estimate of drug-likeness (QED) is 0.496. The average molecular weight is 426 g/mol. The number of piperidine rings is 1. The normalized spacial score (nSPS) is 24.2. The van der Waals surface area contributed by atoms with Crippen molar-refractivity contribution in [3.63, 3.8) is 0 Å². The Morgan fingerprint density at radius 3 is 2.60 bits per heavy atom. The molecule has 0 amide bonds. The van der Waals surface area contributed by atoms with E-state index >= 15 is 0 Å². The Labute approximate surface area is 185 Å². The van der Waals surface area contributed by atoms with Crippen LogP contribution in [0.25, 0.3) is 0 Å². The van der Waals surface area contributed by atoms with E-state index in [9.17, 15) is 0 Å². The summed E-state index contributed by atoms with van der Waals surface area (Å²) in [6.45, 7) is 7.08. The lowest BCUT2D eigenvalue weighted by Gasteiger charge is -2.39. The first kappa shape index (κ1) is 21.3. The zero-order chi connectivity index (χ0) is 20.8. The lowest BCUT2D eigenvalue weighted by molar-refractivity contribution is 0.114. The predicted octanol–water partition coefficient (Wildman–Crippen LogP) is 4.00. The first-order valence-electron chi connectivity index (χ1n) is 11.5. The third-order valence-corrected chi connectivity index (χ3v) is 7.52. The molecule has 1 aromatic heterocycles. The second kappa shape index (κ2) is 10.4. The topological polar surface area (TPSA) is 52.6 Å². The highest BCUT2D eigenvalue weighted by Crippen LogP contribution is 2.36. The van der Waals surface area contributed by atoms with Gasteiger partial charge in [0, 0.05) is 55.3 Å². The van der Waals surface area contributed by atoms with Crippen LogP contribution in [-0.4, -0.2) is 47.1 Å². The second-order valence-electron chi connectivity index (χ2n) is 8.44. The van der Waals surface area contributed by atoms with Crippen LogP contribution in [-0.2, 0) is 19.4 Å². The molecule has 30 heavy (non-hydrogen) atoms. The minimum Gasteiger partial charge on any atom is -0.357 e. The number of rotatable bonds is 8. The first-order valence-corrected chi connectivity index (χ1v) is 12.3. The average Bonchev–Trinajstić information content (AvgIpc) is 3.30. The number of hydrogen-bond donors (Lipinski definition) is 2. The number of aryl methyl sites for hydroxylation is 1. The van der Waals surface area contributed by atoms with Crippen LogP contribution < -0.4 is 10.6 Å². The van der Waals surface area contributed by atoms with Crippen LogP contribution in [0.4, 0.5) is 0 Å². The number of fused-ring (bicyclic) bond motifs is 2. The van der Waals surface area contributed by atoms with E-state index in [0.717, 1.165) is 38.4 Å². The summed E-state index contributed by atoms with van der Waals surface area (Å²) in [7, 11) is 0. The van der Waals surface area contributed by atoms with E-state index in [2.05, 4.69) is 64.7 Å². The summed E-state index contributed by atoms with van der Waals surface area (Å²) in [5, 5.41) is 8.38. The molecule has 2 aromatic rings. The highest BCUT2D eigenvalue weighted by atomic mass is 32.1. The molecule has 0 saturated carbocycles. The van der Waals surface area contributed by atoms with Crippen LogP contribution in [0, 0.1) is 0 Å². The van der Waals surface area contributed by atoms with Gasteiger partial charge in [0.05, 0.1) is 5.01 Å². The van der Waals surface area contributed by atoms with E-state index in [4.69, 9.17) is 4.99 Å². The van der Waals surface area contributed by atoms with Crippen molar-refractivity contribution in [3.05, 3.63) is 52.0 Å². The fraction of sp³-hybridized carbons (Fsp3) is 0.583. The maximum absolute atomic E-state index is 4.84. The van der Waals surface area contributed by atoms with E-state index in [-0.39, 0.29) is 0 Å². The Kier molecular flexibility index (Phi) is 7.39. The third kappa shape index (κ3) is 5.41. The van der Waals surface area contributed by atoms with Crippen LogP contribution in [0.3, 0.4) is 0 Å². The number of aromatic nitrogens is 1. The molecule has 2 aliphatic rings. The summed E-state index contributed by atoms with van der Waals surface area (Å²) >= 11 is 1.82. The smallest absolute Gasteiger partial charge is 0.191 e. The van der Waals surface area contributed by atoms with Crippen LogP contribution in [0.5, 0.6) is 0 Å². The van der Waals surface area contributed by atoms with Gasteiger partial charge in [-0.25, -0.2) is 4.98 Å². The standard InChI is InChI=1S/C24H35N5S/c1-3-22-16-27-23(30-22)12-13-26-24(25-4-2)28-19-14-20-10-11-21(15-19)29(20)17-18-8-6-5-7-9-18/h5-9,16,19-21H,3-4,10-15,17H2,1-2H3,(H2,25,26,28). The SMILES string of the molecule is CCNC(=NCCc1ncc(CC)s1)NC1CC2CCC(C1)N2Cc1ccccc1. The molecule has 2 fully saturated rings. The number of thiazole rings is 1. The molecule has 4 rings (SSSR count). The van der Waals surface area contributed by atoms with Crippen LogP contribution in [0.1, 0.15) is 55.0 Å². The molecule has 0 radical (unpaired) electrons. The van der Waals surface area contributed by atoms with E-state index in [1.165, 1.54) is 41.1 Å². The zero-order valence-electron chi connectivity index (χ0n) is 18.3. The van der Waals surface area contributed by atoms with Crippen molar-refractivity contribution < 1.29 is 0 Å². The number of guanidine groups is 1. The van der Waals surface area contributed by atoms with Gasteiger partial charge in [-0.15, -0.1) is 11.3 Å². The molecule has 2 bridgehead atoms. The highest BCUT2D eigenvalue weighted by molar-refractivity contribution is 7.11. The summed E-state index contributed by atoms with van der Waals surface area (Å²) in [6.07, 6.45) is 9.06. The van der Waals surface area contributed by atoms with Gasteiger partial charge in [-0.3, -0.25) is 9.89 Å². The van der Waals surface area contributed by atoms with Crippen molar-refractivity contribution in [2.24, 2.45) is 4.99 Å². The Morgan fingerprint density at radius 1 is 1.17 bits per heavy atom. The molecule has 2 aliphatic heterocycles. The summed E-state index contributed by atoms with van der Waals surface area (Å²) < 4.78 is 0. The van der Waals surface area contributed by atoms with E-state index in [0.29, 0.717) is 18.1 Å². The van der Waals surface area contributed by atoms with Crippen molar-refractivity contribution >= 4 is 17.3 Å². The molecular weight excluding hydrogens is 390 g/mol. The zero-order valence-corrected chi connectivity index (χ0v) is 19.1. The Bertz CT molecular complexity index is 804. The lowest BCUT2D eigenvalue weighted by Crippen LogP contribution is -2.52. The van der Waals surface area contributed by atoms with Crippen molar-refractivity contribution in [1.29, 1.82) is 0 Å². The molecule has 2 atom stereocenters. The molecule has 2 saturated heterocycles. The van der Waals surface area contributed by atoms with E-state index < -0.39 is 0 Å². The van der Waals surface area contributed by atoms with Crippen LogP contribution >= 0.6 is 11.3 Å². The molecular formula is C24H35N5S. The molecule has 1 aromatic carbocycles. The predicted molar refractivity (Wildman–Crippen MR) is 126 cm³/mol. The Morgan fingerprint density at radius 2 is 1.93 bits per heavy atom. The lowest BCUT2D eigenvalue weighted by atomic mass is 9.96. The van der Waals surface area contributed by atoms with Crippen molar-refractivity contribution in [2.45, 2.75) is 77.0 Å². The molecule has 162 valence electrons. The van der Waals surface area contributed by atoms with Gasteiger partial charge in [0.2, 0.25) is 0 Å². The minimum absolute atomic E-state index is 0.513. The Balaban J connectivity index is 1.31. The summed E-state index contributed by atoms with van der Waals surface area (Å²) in [5.41, 5.74) is 1.43.